The lowest BCUT2D eigenvalue weighted by atomic mass is 10.1. The Morgan fingerprint density at radius 3 is 2.79 bits per heavy atom. The Balaban J connectivity index is 2.21. The highest BCUT2D eigenvalue weighted by atomic mass is 32.2. The number of aliphatic imine (C=N–C) groups is 1. The number of nitrogens with two attached hydrogens (primary N) is 1. The molecule has 0 unspecified atom stereocenters. The third-order valence-electron chi connectivity index (χ3n) is 4.01. The Hall–Kier alpha value is -2.99. The van der Waals surface area contributed by atoms with Gasteiger partial charge in [-0.15, -0.1) is 0 Å². The Kier molecular flexibility index (Phi) is 7.67. The number of aryl methyl sites for hydroxylation is 1. The first kappa shape index (κ1) is 22.3. The molecule has 1 aromatic carbocycles. The van der Waals surface area contributed by atoms with E-state index >= 15 is 0 Å². The molecule has 29 heavy (non-hydrogen) atoms. The number of hydrogen-bond acceptors (Lipinski definition) is 5. The third kappa shape index (κ3) is 5.74. The molecule has 0 aliphatic carbocycles. The minimum atomic E-state index is -1.66. The molecule has 6 nitrogen and oxygen atoms in total. The first-order valence-electron chi connectivity index (χ1n) is 8.85. The summed E-state index contributed by atoms with van der Waals surface area (Å²) in [6.07, 6.45) is -0.367. The van der Waals surface area contributed by atoms with Gasteiger partial charge in [0.05, 0.1) is 5.56 Å². The third-order valence-corrected chi connectivity index (χ3v) is 4.99. The van der Waals surface area contributed by atoms with Crippen LogP contribution in [-0.2, 0) is 0 Å². The number of thioether (sulfide) groups is 1. The van der Waals surface area contributed by atoms with Gasteiger partial charge in [0.1, 0.15) is 23.8 Å². The number of nitrogens with zero attached hydrogens (tertiary/aromatic N) is 3. The highest BCUT2D eigenvalue weighted by molar-refractivity contribution is 8.14. The molecule has 0 saturated carbocycles. The van der Waals surface area contributed by atoms with Crippen molar-refractivity contribution in [3.8, 4) is 6.07 Å². The Morgan fingerprint density at radius 1 is 1.45 bits per heavy atom. The van der Waals surface area contributed by atoms with E-state index in [1.807, 2.05) is 6.07 Å². The van der Waals surface area contributed by atoms with Gasteiger partial charge in [-0.2, -0.15) is 5.26 Å². The van der Waals surface area contributed by atoms with Crippen molar-refractivity contribution in [3.05, 3.63) is 58.7 Å². The van der Waals surface area contributed by atoms with Crippen LogP contribution in [0.5, 0.6) is 0 Å². The van der Waals surface area contributed by atoms with Crippen LogP contribution in [0.3, 0.4) is 0 Å². The highest BCUT2D eigenvalue weighted by Crippen LogP contribution is 2.33. The number of aromatic nitrogens is 1. The van der Waals surface area contributed by atoms with Gasteiger partial charge in [-0.25, -0.2) is 13.8 Å². The van der Waals surface area contributed by atoms with E-state index in [2.05, 4.69) is 15.3 Å². The Labute approximate surface area is 172 Å². The largest absolute Gasteiger partial charge is 0.379 e. The maximum absolute atomic E-state index is 14.9. The molecule has 0 spiro atoms. The quantitative estimate of drug-likeness (QED) is 0.543. The molecule has 0 saturated heterocycles. The SMILES string of the molecule is CC/N=C(/N)S[C@H](C)[C@H](F)c1cc(NC(=O)c2ncc(C#N)cc2C)ccc1F. The van der Waals surface area contributed by atoms with Crippen LogP contribution in [-0.4, -0.2) is 27.9 Å². The molecule has 1 amide bonds. The smallest absolute Gasteiger partial charge is 0.274 e. The van der Waals surface area contributed by atoms with Crippen molar-refractivity contribution in [2.75, 3.05) is 11.9 Å². The first-order valence-corrected chi connectivity index (χ1v) is 9.73. The van der Waals surface area contributed by atoms with Crippen LogP contribution in [0.2, 0.25) is 0 Å². The van der Waals surface area contributed by atoms with Gasteiger partial charge in [-0.05, 0) is 50.6 Å². The Morgan fingerprint density at radius 2 is 2.17 bits per heavy atom. The van der Waals surface area contributed by atoms with Gasteiger partial charge in [0.15, 0.2) is 5.17 Å². The Bertz CT molecular complexity index is 974. The second kappa shape index (κ2) is 9.98. The fraction of sp³-hybridized carbons (Fsp3) is 0.300. The molecule has 0 aliphatic heterocycles. The number of carbonyl (C=O) groups is 1. The summed E-state index contributed by atoms with van der Waals surface area (Å²) in [7, 11) is 0. The van der Waals surface area contributed by atoms with Gasteiger partial charge in [-0.3, -0.25) is 9.79 Å². The van der Waals surface area contributed by atoms with E-state index in [1.165, 1.54) is 24.4 Å². The van der Waals surface area contributed by atoms with Gasteiger partial charge in [0.2, 0.25) is 0 Å². The summed E-state index contributed by atoms with van der Waals surface area (Å²) >= 11 is 1.02. The standard InChI is InChI=1S/C20H21F2N5OS/c1-4-25-20(24)29-12(3)17(22)15-8-14(5-6-16(15)21)27-19(28)18-11(2)7-13(9-23)10-26-18/h5-8,10,12,17H,4H2,1-3H3,(H2,24,25)(H,27,28)/t12-,17+/m1/s1. The highest BCUT2D eigenvalue weighted by Gasteiger charge is 2.24. The summed E-state index contributed by atoms with van der Waals surface area (Å²) in [4.78, 5) is 20.4. The summed E-state index contributed by atoms with van der Waals surface area (Å²) in [5.41, 5.74) is 6.72. The molecule has 1 heterocycles. The van der Waals surface area contributed by atoms with E-state index in [4.69, 9.17) is 11.0 Å². The number of benzene rings is 1. The number of anilines is 1. The number of nitrogens with one attached hydrogen (secondary N) is 1. The first-order chi connectivity index (χ1) is 13.8. The zero-order chi connectivity index (χ0) is 21.6. The summed E-state index contributed by atoms with van der Waals surface area (Å²) < 4.78 is 29.1. The number of amidine groups is 1. The number of alkyl halides is 1. The summed E-state index contributed by atoms with van der Waals surface area (Å²) in [5.74, 6) is -1.26. The van der Waals surface area contributed by atoms with Crippen molar-refractivity contribution in [1.29, 1.82) is 5.26 Å². The van der Waals surface area contributed by atoms with Crippen molar-refractivity contribution in [2.24, 2.45) is 10.7 Å². The maximum atomic E-state index is 14.9. The maximum Gasteiger partial charge on any atom is 0.274 e. The molecule has 3 N–H and O–H groups in total. The number of hydrogen-bond donors (Lipinski definition) is 2. The number of pyridine rings is 1. The second-order valence-corrected chi connectivity index (χ2v) is 7.63. The molecule has 2 aromatic rings. The fourth-order valence-electron chi connectivity index (χ4n) is 2.59. The van der Waals surface area contributed by atoms with Crippen molar-refractivity contribution >= 4 is 28.5 Å². The van der Waals surface area contributed by atoms with Gasteiger partial charge < -0.3 is 11.1 Å². The van der Waals surface area contributed by atoms with E-state index in [1.54, 1.807) is 20.8 Å². The van der Waals surface area contributed by atoms with Crippen LogP contribution in [0.25, 0.3) is 0 Å². The van der Waals surface area contributed by atoms with Gasteiger partial charge in [-0.1, -0.05) is 11.8 Å². The molecule has 1 aromatic heterocycles. The van der Waals surface area contributed by atoms with E-state index in [9.17, 15) is 13.6 Å². The van der Waals surface area contributed by atoms with Gasteiger partial charge >= 0.3 is 0 Å². The van der Waals surface area contributed by atoms with Crippen LogP contribution in [0, 0.1) is 24.1 Å². The van der Waals surface area contributed by atoms with Crippen LogP contribution < -0.4 is 11.1 Å². The van der Waals surface area contributed by atoms with E-state index in [0.717, 1.165) is 17.8 Å². The predicted octanol–water partition coefficient (Wildman–Crippen LogP) is 4.12. The number of nitriles is 1. The normalized spacial score (nSPS) is 13.4. The van der Waals surface area contributed by atoms with Crippen LogP contribution in [0.1, 0.15) is 47.2 Å². The predicted molar refractivity (Wildman–Crippen MR) is 111 cm³/mol. The van der Waals surface area contributed by atoms with Gasteiger partial charge in [0, 0.05) is 29.2 Å². The molecule has 152 valence electrons. The topological polar surface area (TPSA) is 104 Å². The van der Waals surface area contributed by atoms with Crippen molar-refractivity contribution in [1.82, 2.24) is 4.98 Å². The summed E-state index contributed by atoms with van der Waals surface area (Å²) in [6, 6.07) is 7.17. The van der Waals surface area contributed by atoms with Crippen LogP contribution >= 0.6 is 11.8 Å². The number of amides is 1. The van der Waals surface area contributed by atoms with Crippen LogP contribution in [0.15, 0.2) is 35.5 Å². The number of rotatable bonds is 6. The average molecular weight is 417 g/mol. The summed E-state index contributed by atoms with van der Waals surface area (Å²) in [5, 5.41) is 11.0. The molecule has 2 rings (SSSR count). The monoisotopic (exact) mass is 417 g/mol. The average Bonchev–Trinajstić information content (AvgIpc) is 2.68. The number of carbonyl (C=O) groups excluding carboxylic acids is 1. The second-order valence-electron chi connectivity index (χ2n) is 6.23. The molecule has 0 radical (unpaired) electrons. The zero-order valence-corrected chi connectivity index (χ0v) is 17.1. The van der Waals surface area contributed by atoms with E-state index in [0.29, 0.717) is 17.7 Å². The van der Waals surface area contributed by atoms with Crippen molar-refractivity contribution in [2.45, 2.75) is 32.2 Å². The lowest BCUT2D eigenvalue weighted by molar-refractivity contribution is 0.102. The summed E-state index contributed by atoms with van der Waals surface area (Å²) in [6.45, 7) is 5.52. The van der Waals surface area contributed by atoms with Crippen molar-refractivity contribution in [3.63, 3.8) is 0 Å². The fourth-order valence-corrected chi connectivity index (χ4v) is 3.44. The molecular formula is C20H21F2N5OS. The molecule has 2 atom stereocenters. The molecule has 0 fully saturated rings. The minimum absolute atomic E-state index is 0.124. The zero-order valence-electron chi connectivity index (χ0n) is 16.2. The van der Waals surface area contributed by atoms with Crippen LogP contribution in [0.4, 0.5) is 14.5 Å². The molecule has 0 aliphatic rings. The molecule has 0 bridgehead atoms. The lowest BCUT2D eigenvalue weighted by Crippen LogP contribution is -2.18. The van der Waals surface area contributed by atoms with E-state index in [-0.39, 0.29) is 22.1 Å². The van der Waals surface area contributed by atoms with E-state index < -0.39 is 23.1 Å². The van der Waals surface area contributed by atoms with Gasteiger partial charge in [0.25, 0.3) is 5.91 Å². The lowest BCUT2D eigenvalue weighted by Gasteiger charge is -2.18. The van der Waals surface area contributed by atoms with Crippen molar-refractivity contribution < 1.29 is 13.6 Å². The number of halogens is 2. The molecular weight excluding hydrogens is 396 g/mol. The minimum Gasteiger partial charge on any atom is -0.379 e. The molecule has 9 heteroatoms.